The highest BCUT2D eigenvalue weighted by Gasteiger charge is 2.24. The summed E-state index contributed by atoms with van der Waals surface area (Å²) in [6.07, 6.45) is 7.22. The summed E-state index contributed by atoms with van der Waals surface area (Å²) in [7, 11) is 0. The summed E-state index contributed by atoms with van der Waals surface area (Å²) in [6.45, 7) is 7.03. The van der Waals surface area contributed by atoms with Crippen molar-refractivity contribution in [3.05, 3.63) is 47.4 Å². The van der Waals surface area contributed by atoms with E-state index in [4.69, 9.17) is 9.51 Å². The minimum Gasteiger partial charge on any atom is -0.356 e. The van der Waals surface area contributed by atoms with Gasteiger partial charge in [0.2, 0.25) is 5.91 Å². The monoisotopic (exact) mass is 476 g/mol. The van der Waals surface area contributed by atoms with Crippen molar-refractivity contribution in [1.29, 1.82) is 0 Å². The molecular weight excluding hydrogens is 440 g/mol. The molecule has 1 amide bonds. The highest BCUT2D eigenvalue weighted by atomic mass is 16.5. The zero-order valence-corrected chi connectivity index (χ0v) is 20.7. The third-order valence-corrected chi connectivity index (χ3v) is 7.20. The minimum atomic E-state index is 0.0709. The summed E-state index contributed by atoms with van der Waals surface area (Å²) in [4.78, 5) is 27.0. The number of aryl methyl sites for hydroxylation is 2. The summed E-state index contributed by atoms with van der Waals surface area (Å²) in [6, 6.07) is 10.8. The van der Waals surface area contributed by atoms with Gasteiger partial charge in [-0.25, -0.2) is 4.98 Å². The molecule has 0 saturated carbocycles. The molecule has 1 N–H and O–H groups in total. The van der Waals surface area contributed by atoms with Gasteiger partial charge in [-0.05, 0) is 44.1 Å². The Bertz CT molecular complexity index is 1120. The van der Waals surface area contributed by atoms with Gasteiger partial charge in [0.15, 0.2) is 0 Å². The largest absolute Gasteiger partial charge is 0.356 e. The van der Waals surface area contributed by atoms with Gasteiger partial charge >= 0.3 is 0 Å². The predicted octanol–water partition coefficient (Wildman–Crippen LogP) is 3.88. The summed E-state index contributed by atoms with van der Waals surface area (Å²) < 4.78 is 5.56. The molecule has 0 atom stereocenters. The molecule has 0 bridgehead atoms. The van der Waals surface area contributed by atoms with E-state index in [-0.39, 0.29) is 11.9 Å². The highest BCUT2D eigenvalue weighted by molar-refractivity contribution is 5.88. The van der Waals surface area contributed by atoms with Crippen molar-refractivity contribution >= 4 is 22.8 Å². The molecule has 4 heterocycles. The van der Waals surface area contributed by atoms with Crippen molar-refractivity contribution in [1.82, 2.24) is 25.3 Å². The van der Waals surface area contributed by atoms with E-state index in [9.17, 15) is 4.79 Å². The van der Waals surface area contributed by atoms with Gasteiger partial charge in [0, 0.05) is 51.6 Å². The van der Waals surface area contributed by atoms with Crippen molar-refractivity contribution in [2.24, 2.45) is 0 Å². The van der Waals surface area contributed by atoms with E-state index >= 15 is 0 Å². The fourth-order valence-corrected chi connectivity index (χ4v) is 5.22. The first-order valence-electron chi connectivity index (χ1n) is 13.2. The van der Waals surface area contributed by atoms with Gasteiger partial charge in [0.05, 0.1) is 5.69 Å². The number of benzene rings is 1. The summed E-state index contributed by atoms with van der Waals surface area (Å²) in [5.74, 6) is 1.65. The topological polar surface area (TPSA) is 87.4 Å². The molecule has 1 aromatic carbocycles. The van der Waals surface area contributed by atoms with E-state index in [0.717, 1.165) is 68.9 Å². The summed E-state index contributed by atoms with van der Waals surface area (Å²) in [5.41, 5.74) is 2.79. The average molecular weight is 477 g/mol. The van der Waals surface area contributed by atoms with E-state index in [0.29, 0.717) is 24.4 Å². The standard InChI is InChI=1S/C27H36N6O2/c1-2-22-25-26(33-15-7-4-8-16-33)29-23(30-27(25)35-31-22)11-12-24(34)28-21-13-17-32(18-14-21)19-20-9-5-3-6-10-20/h3,5-6,9-10,21H,2,4,7-8,11-19H2,1H3,(H,28,34). The van der Waals surface area contributed by atoms with Crippen LogP contribution < -0.4 is 10.2 Å². The van der Waals surface area contributed by atoms with Crippen LogP contribution >= 0.6 is 0 Å². The molecule has 0 radical (unpaired) electrons. The number of hydrogen-bond donors (Lipinski definition) is 1. The van der Waals surface area contributed by atoms with Crippen molar-refractivity contribution in [2.45, 2.75) is 70.9 Å². The van der Waals surface area contributed by atoms with Gasteiger partial charge in [-0.2, -0.15) is 4.98 Å². The van der Waals surface area contributed by atoms with Crippen LogP contribution in [0, 0.1) is 0 Å². The second-order valence-corrected chi connectivity index (χ2v) is 9.78. The van der Waals surface area contributed by atoms with Gasteiger partial charge in [-0.3, -0.25) is 9.69 Å². The van der Waals surface area contributed by atoms with Crippen molar-refractivity contribution in [3.8, 4) is 0 Å². The Balaban J connectivity index is 1.16. The molecule has 0 aliphatic carbocycles. The van der Waals surface area contributed by atoms with Gasteiger partial charge in [-0.1, -0.05) is 42.4 Å². The zero-order valence-electron chi connectivity index (χ0n) is 20.7. The highest BCUT2D eigenvalue weighted by Crippen LogP contribution is 2.30. The molecule has 2 aliphatic heterocycles. The lowest BCUT2D eigenvalue weighted by Gasteiger charge is -2.32. The van der Waals surface area contributed by atoms with Crippen LogP contribution in [0.1, 0.15) is 62.5 Å². The van der Waals surface area contributed by atoms with Gasteiger partial charge in [0.1, 0.15) is 17.0 Å². The Kier molecular flexibility index (Phi) is 7.57. The Labute approximate surface area is 207 Å². The maximum atomic E-state index is 12.7. The Morgan fingerprint density at radius 2 is 1.83 bits per heavy atom. The smallest absolute Gasteiger partial charge is 0.263 e. The number of amides is 1. The third-order valence-electron chi connectivity index (χ3n) is 7.20. The van der Waals surface area contributed by atoms with Crippen LogP contribution in [0.5, 0.6) is 0 Å². The lowest BCUT2D eigenvalue weighted by atomic mass is 10.0. The van der Waals surface area contributed by atoms with E-state index in [1.54, 1.807) is 0 Å². The number of carbonyl (C=O) groups is 1. The van der Waals surface area contributed by atoms with E-state index in [1.807, 2.05) is 0 Å². The number of nitrogens with one attached hydrogen (secondary N) is 1. The lowest BCUT2D eigenvalue weighted by molar-refractivity contribution is -0.122. The molecule has 2 aromatic heterocycles. The van der Waals surface area contributed by atoms with E-state index < -0.39 is 0 Å². The van der Waals surface area contributed by atoms with Crippen LogP contribution in [-0.2, 0) is 24.2 Å². The summed E-state index contributed by atoms with van der Waals surface area (Å²) >= 11 is 0. The minimum absolute atomic E-state index is 0.0709. The fourth-order valence-electron chi connectivity index (χ4n) is 5.22. The van der Waals surface area contributed by atoms with Crippen LogP contribution in [0.4, 0.5) is 5.82 Å². The normalized spacial score (nSPS) is 17.7. The number of fused-ring (bicyclic) bond motifs is 1. The first-order valence-corrected chi connectivity index (χ1v) is 13.2. The van der Waals surface area contributed by atoms with Crippen LogP contribution in [0.15, 0.2) is 34.9 Å². The SMILES string of the molecule is CCc1noc2nc(CCC(=O)NC3CCN(Cc4ccccc4)CC3)nc(N3CCCCC3)c12. The number of rotatable bonds is 8. The first-order chi connectivity index (χ1) is 17.2. The first kappa shape index (κ1) is 23.7. The molecule has 35 heavy (non-hydrogen) atoms. The van der Waals surface area contributed by atoms with Crippen LogP contribution in [-0.4, -0.2) is 58.2 Å². The van der Waals surface area contributed by atoms with Gasteiger partial charge < -0.3 is 14.7 Å². The summed E-state index contributed by atoms with van der Waals surface area (Å²) in [5, 5.41) is 8.40. The molecule has 3 aromatic rings. The predicted molar refractivity (Wildman–Crippen MR) is 136 cm³/mol. The van der Waals surface area contributed by atoms with Crippen LogP contribution in [0.3, 0.4) is 0 Å². The molecule has 186 valence electrons. The lowest BCUT2D eigenvalue weighted by Crippen LogP contribution is -2.44. The van der Waals surface area contributed by atoms with Gasteiger partial charge in [0.25, 0.3) is 5.71 Å². The van der Waals surface area contributed by atoms with Gasteiger partial charge in [-0.15, -0.1) is 0 Å². The molecule has 2 saturated heterocycles. The van der Waals surface area contributed by atoms with Crippen molar-refractivity contribution in [2.75, 3.05) is 31.1 Å². The number of carbonyl (C=O) groups excluding carboxylic acids is 1. The number of aromatic nitrogens is 3. The fraction of sp³-hybridized carbons (Fsp3) is 0.556. The number of piperidine rings is 2. The quantitative estimate of drug-likeness (QED) is 0.528. The number of nitrogens with zero attached hydrogens (tertiary/aromatic N) is 5. The molecule has 2 aliphatic rings. The molecule has 8 nitrogen and oxygen atoms in total. The van der Waals surface area contributed by atoms with Crippen LogP contribution in [0.2, 0.25) is 0 Å². The molecule has 8 heteroatoms. The Hall–Kier alpha value is -3.00. The number of likely N-dealkylation sites (tertiary alicyclic amines) is 1. The van der Waals surface area contributed by atoms with Crippen molar-refractivity contribution < 1.29 is 9.32 Å². The van der Waals surface area contributed by atoms with Crippen molar-refractivity contribution in [3.63, 3.8) is 0 Å². The maximum Gasteiger partial charge on any atom is 0.263 e. The zero-order chi connectivity index (χ0) is 24.0. The molecule has 0 spiro atoms. The number of hydrogen-bond acceptors (Lipinski definition) is 7. The Morgan fingerprint density at radius 3 is 2.57 bits per heavy atom. The molecule has 0 unspecified atom stereocenters. The average Bonchev–Trinajstić information content (AvgIpc) is 3.32. The molecular formula is C27H36N6O2. The van der Waals surface area contributed by atoms with E-state index in [2.05, 4.69) is 62.5 Å². The maximum absolute atomic E-state index is 12.7. The second-order valence-electron chi connectivity index (χ2n) is 9.78. The molecule has 5 rings (SSSR count). The number of anilines is 1. The molecule has 2 fully saturated rings. The van der Waals surface area contributed by atoms with E-state index in [1.165, 1.54) is 24.8 Å². The Morgan fingerprint density at radius 1 is 1.06 bits per heavy atom. The third kappa shape index (κ3) is 5.81. The van der Waals surface area contributed by atoms with Crippen LogP contribution in [0.25, 0.3) is 11.1 Å². The second kappa shape index (κ2) is 11.2.